The monoisotopic (exact) mass is 683 g/mol. The van der Waals surface area contributed by atoms with E-state index in [1.54, 1.807) is 12.1 Å². The second kappa shape index (κ2) is 14.2. The van der Waals surface area contributed by atoms with Gasteiger partial charge in [-0.05, 0) is 79.1 Å². The van der Waals surface area contributed by atoms with Gasteiger partial charge in [-0.25, -0.2) is 0 Å². The Balaban J connectivity index is 1.06. The second-order valence-corrected chi connectivity index (χ2v) is 14.4. The van der Waals surface area contributed by atoms with E-state index < -0.39 is 11.9 Å². The molecule has 262 valence electrons. The maximum atomic E-state index is 13.0. The van der Waals surface area contributed by atoms with Gasteiger partial charge in [-0.1, -0.05) is 55.7 Å². The van der Waals surface area contributed by atoms with E-state index in [9.17, 15) is 23.2 Å². The van der Waals surface area contributed by atoms with Crippen LogP contribution in [0.4, 0.5) is 13.2 Å². The Kier molecular flexibility index (Phi) is 9.75. The van der Waals surface area contributed by atoms with Crippen LogP contribution in [0.3, 0.4) is 0 Å². The van der Waals surface area contributed by atoms with E-state index in [0.717, 1.165) is 117 Å². The first-order valence-corrected chi connectivity index (χ1v) is 17.8. The third-order valence-electron chi connectivity index (χ3n) is 11.1. The van der Waals surface area contributed by atoms with Crippen molar-refractivity contribution in [2.75, 3.05) is 13.1 Å². The van der Waals surface area contributed by atoms with Crippen molar-refractivity contribution >= 4 is 16.7 Å². The number of ketones is 1. The van der Waals surface area contributed by atoms with Crippen molar-refractivity contribution in [3.63, 3.8) is 0 Å². The SMILES string of the molecule is N#Cc1ccccc1CN1CC2CC1CN2Cc1ccc2c(c1)c(-c1ccc(OC(F)(F)F)cc1)cn2CCCCC(=O)C1(N)CCCCC1. The zero-order valence-corrected chi connectivity index (χ0v) is 28.3. The van der Waals surface area contributed by atoms with Crippen LogP contribution in [0.25, 0.3) is 22.0 Å². The number of hydrogen-bond donors (Lipinski definition) is 1. The van der Waals surface area contributed by atoms with Crippen molar-refractivity contribution < 1.29 is 22.7 Å². The number of fused-ring (bicyclic) bond motifs is 3. The van der Waals surface area contributed by atoms with E-state index in [1.807, 2.05) is 24.3 Å². The van der Waals surface area contributed by atoms with Crippen molar-refractivity contribution in [3.05, 3.63) is 89.6 Å². The average Bonchev–Trinajstić information content (AvgIpc) is 3.79. The Bertz CT molecular complexity index is 1870. The highest BCUT2D eigenvalue weighted by Crippen LogP contribution is 2.37. The zero-order chi connectivity index (χ0) is 34.9. The van der Waals surface area contributed by atoms with Crippen LogP contribution in [-0.2, 0) is 24.4 Å². The summed E-state index contributed by atoms with van der Waals surface area (Å²) in [4.78, 5) is 18.0. The molecule has 2 bridgehead atoms. The molecule has 0 radical (unpaired) electrons. The lowest BCUT2D eigenvalue weighted by Crippen LogP contribution is -2.49. The summed E-state index contributed by atoms with van der Waals surface area (Å²) in [5.41, 5.74) is 11.6. The predicted octanol–water partition coefficient (Wildman–Crippen LogP) is 7.94. The number of benzene rings is 3. The Hall–Kier alpha value is -4.17. The molecule has 2 aliphatic heterocycles. The molecule has 10 heteroatoms. The summed E-state index contributed by atoms with van der Waals surface area (Å²) in [5.74, 6) is -0.0768. The maximum Gasteiger partial charge on any atom is 0.573 e. The third-order valence-corrected chi connectivity index (χ3v) is 11.1. The maximum absolute atomic E-state index is 13.0. The van der Waals surface area contributed by atoms with Crippen LogP contribution in [0, 0.1) is 11.3 Å². The van der Waals surface area contributed by atoms with Crippen molar-refractivity contribution in [1.29, 1.82) is 5.26 Å². The lowest BCUT2D eigenvalue weighted by atomic mass is 9.78. The largest absolute Gasteiger partial charge is 0.573 e. The van der Waals surface area contributed by atoms with Gasteiger partial charge in [0.25, 0.3) is 0 Å². The Morgan fingerprint density at radius 2 is 1.66 bits per heavy atom. The van der Waals surface area contributed by atoms with Crippen LogP contribution >= 0.6 is 0 Å². The molecular formula is C40H44F3N5O2. The van der Waals surface area contributed by atoms with Crippen LogP contribution in [0.15, 0.2) is 72.9 Å². The summed E-state index contributed by atoms with van der Waals surface area (Å²) < 4.78 is 44.9. The highest BCUT2D eigenvalue weighted by molar-refractivity contribution is 5.96. The van der Waals surface area contributed by atoms with E-state index >= 15 is 0 Å². The fourth-order valence-electron chi connectivity index (χ4n) is 8.41. The zero-order valence-electron chi connectivity index (χ0n) is 28.3. The van der Waals surface area contributed by atoms with Gasteiger partial charge in [0.05, 0.1) is 17.2 Å². The second-order valence-electron chi connectivity index (χ2n) is 14.4. The predicted molar refractivity (Wildman–Crippen MR) is 187 cm³/mol. The van der Waals surface area contributed by atoms with Crippen LogP contribution in [-0.4, -0.2) is 57.2 Å². The van der Waals surface area contributed by atoms with E-state index in [2.05, 4.69) is 49.6 Å². The lowest BCUT2D eigenvalue weighted by molar-refractivity contribution is -0.274. The Morgan fingerprint density at radius 1 is 0.940 bits per heavy atom. The molecule has 3 aromatic carbocycles. The summed E-state index contributed by atoms with van der Waals surface area (Å²) >= 11 is 0. The Morgan fingerprint density at radius 3 is 2.36 bits per heavy atom. The molecule has 3 aliphatic rings. The number of piperazine rings is 1. The first-order chi connectivity index (χ1) is 24.1. The Labute approximate surface area is 291 Å². The van der Waals surface area contributed by atoms with Gasteiger partial charge in [0.1, 0.15) is 5.75 Å². The number of nitrogens with two attached hydrogens (primary N) is 1. The van der Waals surface area contributed by atoms with Gasteiger partial charge in [0, 0.05) is 73.9 Å². The molecule has 1 saturated carbocycles. The normalized spacial score (nSPS) is 20.7. The minimum Gasteiger partial charge on any atom is -0.406 e. The van der Waals surface area contributed by atoms with Crippen LogP contribution in [0.1, 0.15) is 74.5 Å². The van der Waals surface area contributed by atoms with E-state index in [0.29, 0.717) is 18.5 Å². The van der Waals surface area contributed by atoms with Crippen molar-refractivity contribution in [3.8, 4) is 22.9 Å². The van der Waals surface area contributed by atoms with Gasteiger partial charge in [-0.2, -0.15) is 5.26 Å². The number of carbonyl (C=O) groups is 1. The highest BCUT2D eigenvalue weighted by Gasteiger charge is 2.43. The van der Waals surface area contributed by atoms with E-state index in [1.165, 1.54) is 17.7 Å². The third kappa shape index (κ3) is 7.46. The molecule has 4 aromatic rings. The molecule has 1 aliphatic carbocycles. The van der Waals surface area contributed by atoms with Crippen LogP contribution < -0.4 is 10.5 Å². The molecule has 3 heterocycles. The molecule has 2 atom stereocenters. The number of carbonyl (C=O) groups excluding carboxylic acids is 1. The number of Topliss-reactive ketones (excluding diaryl/α,β-unsaturated/α-hetero) is 1. The number of ether oxygens (including phenoxy) is 1. The number of aryl methyl sites for hydroxylation is 1. The molecule has 2 saturated heterocycles. The molecule has 0 spiro atoms. The first-order valence-electron chi connectivity index (χ1n) is 17.8. The smallest absolute Gasteiger partial charge is 0.406 e. The fraction of sp³-hybridized carbons (Fsp3) is 0.450. The summed E-state index contributed by atoms with van der Waals surface area (Å²) in [6, 6.07) is 23.7. The summed E-state index contributed by atoms with van der Waals surface area (Å²) in [6.07, 6.45) is 5.23. The molecule has 7 rings (SSSR count). The topological polar surface area (TPSA) is 87.5 Å². The number of unbranched alkanes of at least 4 members (excludes halogenated alkanes) is 1. The molecule has 3 fully saturated rings. The van der Waals surface area contributed by atoms with E-state index in [4.69, 9.17) is 5.73 Å². The quantitative estimate of drug-likeness (QED) is 0.153. The highest BCUT2D eigenvalue weighted by atomic mass is 19.4. The van der Waals surface area contributed by atoms with Crippen molar-refractivity contribution in [2.45, 2.75) is 101 Å². The van der Waals surface area contributed by atoms with Gasteiger partial charge in [0.15, 0.2) is 5.78 Å². The van der Waals surface area contributed by atoms with Gasteiger partial charge in [-0.15, -0.1) is 13.2 Å². The van der Waals surface area contributed by atoms with Gasteiger partial charge in [-0.3, -0.25) is 14.6 Å². The van der Waals surface area contributed by atoms with Gasteiger partial charge in [0.2, 0.25) is 0 Å². The number of nitrogens with zero attached hydrogens (tertiary/aromatic N) is 4. The van der Waals surface area contributed by atoms with Crippen molar-refractivity contribution in [1.82, 2.24) is 14.4 Å². The summed E-state index contributed by atoms with van der Waals surface area (Å²) in [7, 11) is 0. The van der Waals surface area contributed by atoms with Gasteiger partial charge < -0.3 is 15.0 Å². The number of halogens is 3. The summed E-state index contributed by atoms with van der Waals surface area (Å²) in [5, 5.41) is 10.6. The fourth-order valence-corrected chi connectivity index (χ4v) is 8.41. The van der Waals surface area contributed by atoms with Crippen LogP contribution in [0.2, 0.25) is 0 Å². The standard InChI is InChI=1S/C40H44F3N5O2/c41-40(42,43)50-34-14-12-29(13-15-34)36-27-46(19-7-4-10-38(49)39(45)17-5-1-6-18-39)37-16-11-28(20-35(36)37)23-47-25-33-21-32(47)26-48(33)24-31-9-3-2-8-30(31)22-44/h2-3,8-9,11-16,20,27,32-33H,1,4-7,10,17-19,21,23-26,45H2. The molecule has 2 N–H and O–H groups in total. The minimum absolute atomic E-state index is 0.173. The number of nitriles is 1. The molecule has 7 nitrogen and oxygen atoms in total. The molecule has 2 unspecified atom stereocenters. The average molecular weight is 684 g/mol. The van der Waals surface area contributed by atoms with Crippen LogP contribution in [0.5, 0.6) is 5.75 Å². The van der Waals surface area contributed by atoms with Gasteiger partial charge >= 0.3 is 6.36 Å². The first kappa shape index (κ1) is 34.3. The number of rotatable bonds is 12. The molecular weight excluding hydrogens is 639 g/mol. The molecule has 50 heavy (non-hydrogen) atoms. The summed E-state index contributed by atoms with van der Waals surface area (Å²) in [6.45, 7) is 4.25. The number of alkyl halides is 3. The van der Waals surface area contributed by atoms with E-state index in [-0.39, 0.29) is 11.5 Å². The number of hydrogen-bond acceptors (Lipinski definition) is 6. The molecule has 0 amide bonds. The number of likely N-dealkylation sites (tertiary alicyclic amines) is 2. The number of aromatic nitrogens is 1. The minimum atomic E-state index is -4.75. The lowest BCUT2D eigenvalue weighted by Gasteiger charge is -2.34. The van der Waals surface area contributed by atoms with Crippen molar-refractivity contribution in [2.24, 2.45) is 5.73 Å². The molecule has 1 aromatic heterocycles.